The lowest BCUT2D eigenvalue weighted by Crippen LogP contribution is -2.43. The number of likely N-dealkylation sites (N-methyl/N-ethyl adjacent to an activating group) is 1. The number of hydrogen-bond acceptors (Lipinski definition) is 5. The molecule has 0 bridgehead atoms. The summed E-state index contributed by atoms with van der Waals surface area (Å²) >= 11 is 0. The van der Waals surface area contributed by atoms with Gasteiger partial charge in [0, 0.05) is 44.8 Å². The molecule has 1 aromatic heterocycles. The quantitative estimate of drug-likeness (QED) is 0.653. The normalized spacial score (nSPS) is 15.2. The van der Waals surface area contributed by atoms with Crippen molar-refractivity contribution in [3.8, 4) is 0 Å². The third kappa shape index (κ3) is 5.52. The molecule has 0 atom stereocenters. The van der Waals surface area contributed by atoms with E-state index in [0.717, 1.165) is 43.9 Å². The van der Waals surface area contributed by atoms with Crippen molar-refractivity contribution in [1.29, 1.82) is 0 Å². The van der Waals surface area contributed by atoms with E-state index in [4.69, 9.17) is 0 Å². The van der Waals surface area contributed by atoms with Gasteiger partial charge in [0.2, 0.25) is 0 Å². The van der Waals surface area contributed by atoms with E-state index in [1.165, 1.54) is 11.9 Å². The van der Waals surface area contributed by atoms with Crippen molar-refractivity contribution < 1.29 is 4.79 Å². The molecule has 30 heavy (non-hydrogen) atoms. The Kier molecular flexibility index (Phi) is 6.51. The Morgan fingerprint density at radius 3 is 2.47 bits per heavy atom. The van der Waals surface area contributed by atoms with Crippen LogP contribution in [0.5, 0.6) is 0 Å². The van der Waals surface area contributed by atoms with E-state index in [1.54, 1.807) is 11.0 Å². The van der Waals surface area contributed by atoms with Crippen molar-refractivity contribution in [2.24, 2.45) is 0 Å². The van der Waals surface area contributed by atoms with Gasteiger partial charge in [-0.05, 0) is 35.9 Å². The molecule has 1 aliphatic heterocycles. The van der Waals surface area contributed by atoms with Gasteiger partial charge >= 0.3 is 0 Å². The van der Waals surface area contributed by atoms with Gasteiger partial charge in [0.25, 0.3) is 5.91 Å². The van der Waals surface area contributed by atoms with Crippen LogP contribution in [0.4, 0.5) is 0 Å². The first-order valence-electron chi connectivity index (χ1n) is 10.3. The van der Waals surface area contributed by atoms with Crippen molar-refractivity contribution in [3.63, 3.8) is 0 Å². The third-order valence-electron chi connectivity index (χ3n) is 5.47. The minimum Gasteiger partial charge on any atom is -0.348 e. The van der Waals surface area contributed by atoms with Crippen LogP contribution in [0.1, 0.15) is 27.0 Å². The van der Waals surface area contributed by atoms with E-state index in [9.17, 15) is 4.79 Å². The molecule has 7 heteroatoms. The van der Waals surface area contributed by atoms with E-state index < -0.39 is 0 Å². The van der Waals surface area contributed by atoms with Crippen molar-refractivity contribution in [1.82, 2.24) is 29.9 Å². The van der Waals surface area contributed by atoms with Crippen LogP contribution < -0.4 is 5.32 Å². The lowest BCUT2D eigenvalue weighted by molar-refractivity contribution is 0.0951. The van der Waals surface area contributed by atoms with Crippen LogP contribution in [0.15, 0.2) is 61.2 Å². The molecule has 0 spiro atoms. The predicted molar refractivity (Wildman–Crippen MR) is 116 cm³/mol. The Balaban J connectivity index is 1.29. The third-order valence-corrected chi connectivity index (χ3v) is 5.47. The fourth-order valence-electron chi connectivity index (χ4n) is 3.65. The van der Waals surface area contributed by atoms with Gasteiger partial charge in [-0.1, -0.05) is 36.4 Å². The summed E-state index contributed by atoms with van der Waals surface area (Å²) in [5.41, 5.74) is 4.15. The fraction of sp³-hybridized carbons (Fsp3) is 0.348. The molecule has 0 unspecified atom stereocenters. The SMILES string of the molecule is CN1CCN(Cc2cccc(CNC(=O)c3ccc(Cn4cncn4)cc3)c2)CC1. The van der Waals surface area contributed by atoms with E-state index >= 15 is 0 Å². The Morgan fingerprint density at radius 2 is 1.73 bits per heavy atom. The molecule has 0 saturated carbocycles. The number of benzene rings is 2. The van der Waals surface area contributed by atoms with Gasteiger partial charge in [-0.3, -0.25) is 9.69 Å². The van der Waals surface area contributed by atoms with Crippen molar-refractivity contribution >= 4 is 5.91 Å². The van der Waals surface area contributed by atoms with Crippen molar-refractivity contribution in [2.45, 2.75) is 19.6 Å². The Morgan fingerprint density at radius 1 is 0.967 bits per heavy atom. The van der Waals surface area contributed by atoms with Crippen molar-refractivity contribution in [3.05, 3.63) is 83.4 Å². The standard InChI is InChI=1S/C23H28N6O/c1-27-9-11-28(12-10-27)15-21-4-2-3-20(13-21)14-25-23(30)22-7-5-19(6-8-22)16-29-18-24-17-26-29/h2-8,13,17-18H,9-12,14-16H2,1H3,(H,25,30). The van der Waals surface area contributed by atoms with Crippen LogP contribution in [0.3, 0.4) is 0 Å². The second-order valence-electron chi connectivity index (χ2n) is 7.87. The summed E-state index contributed by atoms with van der Waals surface area (Å²) in [5.74, 6) is -0.0632. The fourth-order valence-corrected chi connectivity index (χ4v) is 3.65. The summed E-state index contributed by atoms with van der Waals surface area (Å²) < 4.78 is 1.75. The highest BCUT2D eigenvalue weighted by Gasteiger charge is 2.14. The molecule has 1 saturated heterocycles. The maximum absolute atomic E-state index is 12.5. The molecular weight excluding hydrogens is 376 g/mol. The van der Waals surface area contributed by atoms with Gasteiger partial charge in [-0.15, -0.1) is 0 Å². The summed E-state index contributed by atoms with van der Waals surface area (Å²) in [6.07, 6.45) is 3.19. The van der Waals surface area contributed by atoms with E-state index in [0.29, 0.717) is 18.7 Å². The molecule has 1 N–H and O–H groups in total. The van der Waals surface area contributed by atoms with Crippen LogP contribution in [0, 0.1) is 0 Å². The van der Waals surface area contributed by atoms with E-state index in [2.05, 4.69) is 56.5 Å². The van der Waals surface area contributed by atoms with Crippen molar-refractivity contribution in [2.75, 3.05) is 33.2 Å². The monoisotopic (exact) mass is 404 g/mol. The topological polar surface area (TPSA) is 66.3 Å². The maximum atomic E-state index is 12.5. The second-order valence-corrected chi connectivity index (χ2v) is 7.87. The van der Waals surface area contributed by atoms with Gasteiger partial charge in [0.15, 0.2) is 0 Å². The average Bonchev–Trinajstić information content (AvgIpc) is 3.28. The summed E-state index contributed by atoms with van der Waals surface area (Å²) in [7, 11) is 2.17. The number of amides is 1. The molecule has 3 aromatic rings. The van der Waals surface area contributed by atoms with Crippen LogP contribution in [0.2, 0.25) is 0 Å². The molecule has 0 radical (unpaired) electrons. The van der Waals surface area contributed by atoms with Crippen LogP contribution >= 0.6 is 0 Å². The first-order chi connectivity index (χ1) is 14.7. The molecule has 2 aromatic carbocycles. The molecular formula is C23H28N6O. The zero-order chi connectivity index (χ0) is 20.8. The Hall–Kier alpha value is -3.03. The minimum absolute atomic E-state index is 0.0632. The number of aromatic nitrogens is 3. The Labute approximate surface area is 177 Å². The smallest absolute Gasteiger partial charge is 0.251 e. The van der Waals surface area contributed by atoms with Gasteiger partial charge < -0.3 is 10.2 Å². The lowest BCUT2D eigenvalue weighted by Gasteiger charge is -2.32. The summed E-state index contributed by atoms with van der Waals surface area (Å²) in [6.45, 7) is 6.57. The largest absolute Gasteiger partial charge is 0.348 e. The highest BCUT2D eigenvalue weighted by atomic mass is 16.1. The molecule has 156 valence electrons. The maximum Gasteiger partial charge on any atom is 0.251 e. The molecule has 1 aliphatic rings. The van der Waals surface area contributed by atoms with Gasteiger partial charge in [-0.25, -0.2) is 9.67 Å². The van der Waals surface area contributed by atoms with Crippen LogP contribution in [0.25, 0.3) is 0 Å². The van der Waals surface area contributed by atoms with E-state index in [-0.39, 0.29) is 5.91 Å². The zero-order valence-corrected chi connectivity index (χ0v) is 17.4. The molecule has 0 aliphatic carbocycles. The van der Waals surface area contributed by atoms with Crippen LogP contribution in [-0.4, -0.2) is 63.7 Å². The van der Waals surface area contributed by atoms with Gasteiger partial charge in [0.05, 0.1) is 6.54 Å². The Bertz CT molecular complexity index is 946. The molecule has 2 heterocycles. The summed E-state index contributed by atoms with van der Waals surface area (Å²) in [5, 5.41) is 7.13. The number of hydrogen-bond donors (Lipinski definition) is 1. The van der Waals surface area contributed by atoms with E-state index in [1.807, 2.05) is 24.3 Å². The molecule has 4 rings (SSSR count). The molecule has 1 amide bonds. The molecule has 1 fully saturated rings. The second kappa shape index (κ2) is 9.65. The minimum atomic E-state index is -0.0632. The first-order valence-corrected chi connectivity index (χ1v) is 10.3. The zero-order valence-electron chi connectivity index (χ0n) is 17.4. The summed E-state index contributed by atoms with van der Waals surface area (Å²) in [4.78, 5) is 21.3. The number of nitrogens with one attached hydrogen (secondary N) is 1. The number of carbonyl (C=O) groups is 1. The first kappa shape index (κ1) is 20.3. The highest BCUT2D eigenvalue weighted by molar-refractivity contribution is 5.94. The predicted octanol–water partition coefficient (Wildman–Crippen LogP) is 2.00. The van der Waals surface area contributed by atoms with Crippen LogP contribution in [-0.2, 0) is 19.6 Å². The van der Waals surface area contributed by atoms with Gasteiger partial charge in [-0.2, -0.15) is 5.10 Å². The lowest BCUT2D eigenvalue weighted by atomic mass is 10.1. The number of carbonyl (C=O) groups excluding carboxylic acids is 1. The number of rotatable bonds is 7. The average molecular weight is 405 g/mol. The number of piperazine rings is 1. The highest BCUT2D eigenvalue weighted by Crippen LogP contribution is 2.11. The summed E-state index contributed by atoms with van der Waals surface area (Å²) in [6, 6.07) is 16.1. The van der Waals surface area contributed by atoms with Gasteiger partial charge in [0.1, 0.15) is 12.7 Å². The molecule has 7 nitrogen and oxygen atoms in total. The number of nitrogens with zero attached hydrogens (tertiary/aromatic N) is 5.